The molecule has 0 spiro atoms. The van der Waals surface area contributed by atoms with E-state index in [0.717, 1.165) is 0 Å². The van der Waals surface area contributed by atoms with Crippen LogP contribution in [0.3, 0.4) is 0 Å². The highest BCUT2D eigenvalue weighted by Gasteiger charge is 2.09. The van der Waals surface area contributed by atoms with Crippen LogP contribution in [0.4, 0.5) is 11.4 Å². The van der Waals surface area contributed by atoms with Crippen molar-refractivity contribution in [3.05, 3.63) is 40.2 Å². The van der Waals surface area contributed by atoms with Crippen LogP contribution in [-0.2, 0) is 11.3 Å². The number of nitrogens with zero attached hydrogens (tertiary/aromatic N) is 5. The summed E-state index contributed by atoms with van der Waals surface area (Å²) in [5, 5.41) is 23.8. The van der Waals surface area contributed by atoms with Crippen molar-refractivity contribution in [3.8, 4) is 0 Å². The number of aryl methyl sites for hydroxylation is 1. The van der Waals surface area contributed by atoms with Gasteiger partial charge in [-0.3, -0.25) is 14.9 Å². The zero-order chi connectivity index (χ0) is 13.8. The van der Waals surface area contributed by atoms with Gasteiger partial charge in [0.15, 0.2) is 0 Å². The Morgan fingerprint density at radius 2 is 2.11 bits per heavy atom. The van der Waals surface area contributed by atoms with Crippen LogP contribution in [0.15, 0.2) is 24.3 Å². The topological polar surface area (TPSA) is 116 Å². The van der Waals surface area contributed by atoms with Gasteiger partial charge in [-0.2, -0.15) is 0 Å². The number of nitrogens with one attached hydrogen (secondary N) is 1. The van der Waals surface area contributed by atoms with E-state index in [0.29, 0.717) is 11.5 Å². The van der Waals surface area contributed by atoms with Crippen molar-refractivity contribution in [2.45, 2.75) is 13.5 Å². The minimum atomic E-state index is -0.504. The molecule has 0 saturated heterocycles. The summed E-state index contributed by atoms with van der Waals surface area (Å²) in [7, 11) is 0. The van der Waals surface area contributed by atoms with E-state index in [2.05, 4.69) is 20.8 Å². The molecule has 98 valence electrons. The van der Waals surface area contributed by atoms with Crippen LogP contribution in [0.5, 0.6) is 0 Å². The van der Waals surface area contributed by atoms with Crippen LogP contribution >= 0.6 is 0 Å². The number of carbonyl (C=O) groups is 1. The fraction of sp³-hybridized carbons (Fsp3) is 0.200. The quantitative estimate of drug-likeness (QED) is 0.634. The molecule has 1 aromatic heterocycles. The first-order valence-corrected chi connectivity index (χ1v) is 5.33. The summed E-state index contributed by atoms with van der Waals surface area (Å²) in [6, 6.07) is 5.56. The van der Waals surface area contributed by atoms with Crippen LogP contribution in [0.25, 0.3) is 0 Å². The largest absolute Gasteiger partial charge is 0.324 e. The van der Waals surface area contributed by atoms with Crippen molar-refractivity contribution in [3.63, 3.8) is 0 Å². The van der Waals surface area contributed by atoms with E-state index in [1.54, 1.807) is 6.92 Å². The summed E-state index contributed by atoms with van der Waals surface area (Å²) >= 11 is 0. The molecule has 0 atom stereocenters. The summed E-state index contributed by atoms with van der Waals surface area (Å²) in [6.07, 6.45) is 0. The van der Waals surface area contributed by atoms with Gasteiger partial charge in [-0.15, -0.1) is 5.10 Å². The Morgan fingerprint density at radius 1 is 1.42 bits per heavy atom. The number of aromatic nitrogens is 4. The molecule has 0 saturated carbocycles. The molecular weight excluding hydrogens is 252 g/mol. The lowest BCUT2D eigenvalue weighted by molar-refractivity contribution is -0.384. The second-order valence-electron chi connectivity index (χ2n) is 3.74. The number of nitro benzene ring substituents is 1. The lowest BCUT2D eigenvalue weighted by atomic mass is 10.3. The molecule has 0 unspecified atom stereocenters. The van der Waals surface area contributed by atoms with Gasteiger partial charge < -0.3 is 5.32 Å². The minimum absolute atomic E-state index is 0.0180. The standard InChI is InChI=1S/C10H10N6O3/c1-7-12-13-14-15(7)6-10(17)11-8-2-4-9(5-3-8)16(18)19/h2-5H,6H2,1H3,(H,11,17). The molecular formula is C10H10N6O3. The number of amides is 1. The fourth-order valence-electron chi connectivity index (χ4n) is 1.40. The van der Waals surface area contributed by atoms with Gasteiger partial charge in [0.2, 0.25) is 5.91 Å². The Morgan fingerprint density at radius 3 is 2.63 bits per heavy atom. The Kier molecular flexibility index (Phi) is 3.46. The number of carbonyl (C=O) groups excluding carboxylic acids is 1. The smallest absolute Gasteiger partial charge is 0.269 e. The van der Waals surface area contributed by atoms with Gasteiger partial charge in [0, 0.05) is 17.8 Å². The summed E-state index contributed by atoms with van der Waals surface area (Å²) in [5.74, 6) is 0.211. The number of anilines is 1. The summed E-state index contributed by atoms with van der Waals surface area (Å²) in [4.78, 5) is 21.7. The molecule has 0 bridgehead atoms. The van der Waals surface area contributed by atoms with E-state index in [1.807, 2.05) is 0 Å². The molecule has 0 aliphatic heterocycles. The monoisotopic (exact) mass is 262 g/mol. The molecule has 2 aromatic rings. The number of benzene rings is 1. The third kappa shape index (κ3) is 3.09. The predicted octanol–water partition coefficient (Wildman–Crippen LogP) is 0.528. The third-order valence-electron chi connectivity index (χ3n) is 2.37. The van der Waals surface area contributed by atoms with Gasteiger partial charge >= 0.3 is 0 Å². The number of rotatable bonds is 4. The Hall–Kier alpha value is -2.84. The molecule has 9 nitrogen and oxygen atoms in total. The van der Waals surface area contributed by atoms with E-state index < -0.39 is 4.92 Å². The van der Waals surface area contributed by atoms with Crippen LogP contribution < -0.4 is 5.32 Å². The number of nitro groups is 1. The second-order valence-corrected chi connectivity index (χ2v) is 3.74. The molecule has 0 aliphatic carbocycles. The lowest BCUT2D eigenvalue weighted by Gasteiger charge is -2.05. The molecule has 1 aromatic carbocycles. The first-order valence-electron chi connectivity index (χ1n) is 5.33. The third-order valence-corrected chi connectivity index (χ3v) is 2.37. The van der Waals surface area contributed by atoms with E-state index in [-0.39, 0.29) is 18.1 Å². The number of non-ortho nitro benzene ring substituents is 1. The maximum atomic E-state index is 11.7. The lowest BCUT2D eigenvalue weighted by Crippen LogP contribution is -2.20. The van der Waals surface area contributed by atoms with E-state index in [1.165, 1.54) is 28.9 Å². The zero-order valence-corrected chi connectivity index (χ0v) is 9.98. The molecule has 9 heteroatoms. The molecule has 19 heavy (non-hydrogen) atoms. The first-order chi connectivity index (χ1) is 9.06. The average Bonchev–Trinajstić information content (AvgIpc) is 2.75. The van der Waals surface area contributed by atoms with Crippen molar-refractivity contribution in [2.75, 3.05) is 5.32 Å². The van der Waals surface area contributed by atoms with Crippen molar-refractivity contribution >= 4 is 17.3 Å². The maximum Gasteiger partial charge on any atom is 0.269 e. The van der Waals surface area contributed by atoms with Gasteiger partial charge in [0.25, 0.3) is 5.69 Å². The van der Waals surface area contributed by atoms with Gasteiger partial charge in [-0.05, 0) is 29.5 Å². The highest BCUT2D eigenvalue weighted by atomic mass is 16.6. The highest BCUT2D eigenvalue weighted by molar-refractivity contribution is 5.90. The average molecular weight is 262 g/mol. The molecule has 0 fully saturated rings. The molecule has 1 amide bonds. The van der Waals surface area contributed by atoms with Gasteiger partial charge in [-0.1, -0.05) is 0 Å². The van der Waals surface area contributed by atoms with Crippen LogP contribution in [0, 0.1) is 17.0 Å². The Balaban J connectivity index is 1.99. The highest BCUT2D eigenvalue weighted by Crippen LogP contribution is 2.15. The first kappa shape index (κ1) is 12.6. The Bertz CT molecular complexity index is 606. The molecule has 0 radical (unpaired) electrons. The van der Waals surface area contributed by atoms with Crippen molar-refractivity contribution in [2.24, 2.45) is 0 Å². The summed E-state index contributed by atoms with van der Waals surface area (Å²) in [6.45, 7) is 1.66. The van der Waals surface area contributed by atoms with E-state index >= 15 is 0 Å². The molecule has 1 N–H and O–H groups in total. The van der Waals surface area contributed by atoms with Crippen LogP contribution in [0.2, 0.25) is 0 Å². The summed E-state index contributed by atoms with van der Waals surface area (Å²) < 4.78 is 1.35. The number of tetrazole rings is 1. The van der Waals surface area contributed by atoms with Crippen molar-refractivity contribution < 1.29 is 9.72 Å². The maximum absolute atomic E-state index is 11.7. The summed E-state index contributed by atoms with van der Waals surface area (Å²) in [5.41, 5.74) is 0.440. The zero-order valence-electron chi connectivity index (χ0n) is 9.98. The SMILES string of the molecule is Cc1nnnn1CC(=O)Nc1ccc([N+](=O)[O-])cc1. The minimum Gasteiger partial charge on any atom is -0.324 e. The predicted molar refractivity (Wildman–Crippen MR) is 64.3 cm³/mol. The van der Waals surface area contributed by atoms with Gasteiger partial charge in [0.1, 0.15) is 12.4 Å². The molecule has 0 aliphatic rings. The van der Waals surface area contributed by atoms with Crippen molar-refractivity contribution in [1.29, 1.82) is 0 Å². The number of hydrogen-bond donors (Lipinski definition) is 1. The molecule has 1 heterocycles. The Labute approximate surface area is 107 Å². The molecule has 2 rings (SSSR count). The second kappa shape index (κ2) is 5.21. The van der Waals surface area contributed by atoms with Gasteiger partial charge in [0.05, 0.1) is 4.92 Å². The number of hydrogen-bond acceptors (Lipinski definition) is 6. The van der Waals surface area contributed by atoms with Crippen molar-refractivity contribution in [1.82, 2.24) is 20.2 Å². The van der Waals surface area contributed by atoms with Crippen LogP contribution in [0.1, 0.15) is 5.82 Å². The van der Waals surface area contributed by atoms with Crippen LogP contribution in [-0.4, -0.2) is 31.0 Å². The van der Waals surface area contributed by atoms with Gasteiger partial charge in [-0.25, -0.2) is 4.68 Å². The fourth-order valence-corrected chi connectivity index (χ4v) is 1.40. The van der Waals surface area contributed by atoms with E-state index in [9.17, 15) is 14.9 Å². The normalized spacial score (nSPS) is 10.2. The van der Waals surface area contributed by atoms with E-state index in [4.69, 9.17) is 0 Å².